The molecule has 110 valence electrons. The van der Waals surface area contributed by atoms with Gasteiger partial charge in [0.05, 0.1) is 11.9 Å². The third-order valence-electron chi connectivity index (χ3n) is 2.82. The van der Waals surface area contributed by atoms with Gasteiger partial charge in [-0.15, -0.1) is 5.10 Å². The highest BCUT2D eigenvalue weighted by Gasteiger charge is 2.10. The number of rotatable bonds is 6. The molecule has 0 aliphatic rings. The fourth-order valence-electron chi connectivity index (χ4n) is 1.77. The van der Waals surface area contributed by atoms with Gasteiger partial charge in [0.15, 0.2) is 0 Å². The SMILES string of the molecule is CC(C)NCc1cn(Cc2nc(-c3ccsc3)no2)nn1. The Morgan fingerprint density at radius 2 is 2.33 bits per heavy atom. The summed E-state index contributed by atoms with van der Waals surface area (Å²) >= 11 is 1.60. The van der Waals surface area contributed by atoms with Crippen LogP contribution in [0.3, 0.4) is 0 Å². The Morgan fingerprint density at radius 1 is 1.43 bits per heavy atom. The predicted octanol–water partition coefficient (Wildman–Crippen LogP) is 1.94. The Labute approximate surface area is 126 Å². The lowest BCUT2D eigenvalue weighted by atomic mass is 10.3. The summed E-state index contributed by atoms with van der Waals surface area (Å²) in [5.41, 5.74) is 1.86. The van der Waals surface area contributed by atoms with Crippen molar-refractivity contribution in [3.05, 3.63) is 34.6 Å². The van der Waals surface area contributed by atoms with Crippen molar-refractivity contribution < 1.29 is 4.52 Å². The summed E-state index contributed by atoms with van der Waals surface area (Å²) in [6.45, 7) is 5.30. The second kappa shape index (κ2) is 6.15. The van der Waals surface area contributed by atoms with Crippen LogP contribution in [0.1, 0.15) is 25.4 Å². The molecule has 0 saturated heterocycles. The molecule has 0 atom stereocenters. The predicted molar refractivity (Wildman–Crippen MR) is 78.7 cm³/mol. The maximum atomic E-state index is 5.24. The minimum absolute atomic E-state index is 0.416. The van der Waals surface area contributed by atoms with Crippen LogP contribution in [0.2, 0.25) is 0 Å². The molecule has 0 saturated carbocycles. The summed E-state index contributed by atoms with van der Waals surface area (Å²) in [5.74, 6) is 1.12. The summed E-state index contributed by atoms with van der Waals surface area (Å²) in [5, 5.41) is 19.4. The van der Waals surface area contributed by atoms with Crippen molar-refractivity contribution in [2.75, 3.05) is 0 Å². The van der Waals surface area contributed by atoms with Crippen molar-refractivity contribution in [3.63, 3.8) is 0 Å². The van der Waals surface area contributed by atoms with Crippen LogP contribution in [-0.4, -0.2) is 31.2 Å². The first-order chi connectivity index (χ1) is 10.2. The van der Waals surface area contributed by atoms with Gasteiger partial charge in [-0.2, -0.15) is 16.3 Å². The monoisotopic (exact) mass is 304 g/mol. The summed E-state index contributed by atoms with van der Waals surface area (Å²) in [6, 6.07) is 2.38. The molecule has 3 heterocycles. The highest BCUT2D eigenvalue weighted by atomic mass is 32.1. The first kappa shape index (κ1) is 13.9. The van der Waals surface area contributed by atoms with Gasteiger partial charge in [-0.25, -0.2) is 4.68 Å². The molecule has 0 bridgehead atoms. The summed E-state index contributed by atoms with van der Waals surface area (Å²) in [7, 11) is 0. The minimum atomic E-state index is 0.416. The zero-order valence-electron chi connectivity index (χ0n) is 11.9. The fourth-order valence-corrected chi connectivity index (χ4v) is 2.41. The van der Waals surface area contributed by atoms with Crippen molar-refractivity contribution >= 4 is 11.3 Å². The summed E-state index contributed by atoms with van der Waals surface area (Å²) < 4.78 is 6.94. The van der Waals surface area contributed by atoms with Crippen molar-refractivity contribution in [2.45, 2.75) is 33.0 Å². The average molecular weight is 304 g/mol. The van der Waals surface area contributed by atoms with Crippen molar-refractivity contribution in [1.82, 2.24) is 30.5 Å². The quantitative estimate of drug-likeness (QED) is 0.749. The van der Waals surface area contributed by atoms with E-state index in [-0.39, 0.29) is 0 Å². The van der Waals surface area contributed by atoms with E-state index in [1.807, 2.05) is 23.0 Å². The minimum Gasteiger partial charge on any atom is -0.337 e. The van der Waals surface area contributed by atoms with E-state index in [4.69, 9.17) is 4.52 Å². The number of nitrogens with one attached hydrogen (secondary N) is 1. The van der Waals surface area contributed by atoms with Gasteiger partial charge in [-0.05, 0) is 11.4 Å². The van der Waals surface area contributed by atoms with E-state index in [0.717, 1.165) is 11.3 Å². The molecule has 0 unspecified atom stereocenters. The zero-order valence-corrected chi connectivity index (χ0v) is 12.7. The Kier molecular flexibility index (Phi) is 4.07. The lowest BCUT2D eigenvalue weighted by Gasteiger charge is -2.03. The van der Waals surface area contributed by atoms with Crippen LogP contribution in [0.15, 0.2) is 27.5 Å². The summed E-state index contributed by atoms with van der Waals surface area (Å²) in [6.07, 6.45) is 1.88. The molecule has 3 aromatic heterocycles. The Bertz CT molecular complexity index is 687. The normalized spacial score (nSPS) is 11.4. The van der Waals surface area contributed by atoms with E-state index in [1.165, 1.54) is 0 Å². The number of thiophene rings is 1. The first-order valence-corrected chi connectivity index (χ1v) is 7.62. The summed E-state index contributed by atoms with van der Waals surface area (Å²) in [4.78, 5) is 4.36. The molecule has 0 aliphatic carbocycles. The largest absolute Gasteiger partial charge is 0.337 e. The molecule has 0 fully saturated rings. The third kappa shape index (κ3) is 3.53. The molecule has 0 aromatic carbocycles. The Balaban J connectivity index is 1.64. The molecule has 0 radical (unpaired) electrons. The molecule has 0 spiro atoms. The molecule has 3 rings (SSSR count). The maximum Gasteiger partial charge on any atom is 0.248 e. The molecule has 1 N–H and O–H groups in total. The van der Waals surface area contributed by atoms with Gasteiger partial charge in [-0.1, -0.05) is 24.2 Å². The van der Waals surface area contributed by atoms with Crippen molar-refractivity contribution in [3.8, 4) is 11.4 Å². The first-order valence-electron chi connectivity index (χ1n) is 6.68. The standard InChI is InChI=1S/C13H16N6OS/c1-9(2)14-5-11-6-19(18-16-11)7-12-15-13(17-20-12)10-3-4-21-8-10/h3-4,6,8-9,14H,5,7H2,1-2H3. The van der Waals surface area contributed by atoms with Gasteiger partial charge >= 0.3 is 0 Å². The van der Waals surface area contributed by atoms with Gasteiger partial charge in [0.2, 0.25) is 11.7 Å². The Morgan fingerprint density at radius 3 is 3.10 bits per heavy atom. The molecular formula is C13H16N6OS. The van der Waals surface area contributed by atoms with Crippen molar-refractivity contribution in [2.24, 2.45) is 0 Å². The lowest BCUT2D eigenvalue weighted by molar-refractivity contribution is 0.364. The van der Waals surface area contributed by atoms with Crippen LogP contribution < -0.4 is 5.32 Å². The average Bonchev–Trinajstić information content (AvgIpc) is 3.18. The van der Waals surface area contributed by atoms with Gasteiger partial charge in [0, 0.05) is 23.5 Å². The molecular weight excluding hydrogens is 288 g/mol. The second-order valence-corrected chi connectivity index (χ2v) is 5.75. The van der Waals surface area contributed by atoms with Gasteiger partial charge in [0.1, 0.15) is 6.54 Å². The van der Waals surface area contributed by atoms with Gasteiger partial charge in [0.25, 0.3) is 0 Å². The highest BCUT2D eigenvalue weighted by Crippen LogP contribution is 2.18. The molecule has 3 aromatic rings. The lowest BCUT2D eigenvalue weighted by Crippen LogP contribution is -2.21. The third-order valence-corrected chi connectivity index (χ3v) is 3.51. The number of hydrogen-bond acceptors (Lipinski definition) is 7. The smallest absolute Gasteiger partial charge is 0.248 e. The molecule has 7 nitrogen and oxygen atoms in total. The number of hydrogen-bond donors (Lipinski definition) is 1. The number of aromatic nitrogens is 5. The maximum absolute atomic E-state index is 5.24. The van der Waals surface area contributed by atoms with E-state index in [2.05, 4.69) is 39.6 Å². The Hall–Kier alpha value is -2.06. The van der Waals surface area contributed by atoms with E-state index in [9.17, 15) is 0 Å². The molecule has 0 amide bonds. The van der Waals surface area contributed by atoms with Crippen LogP contribution in [0.5, 0.6) is 0 Å². The van der Waals surface area contributed by atoms with Crippen LogP contribution in [-0.2, 0) is 13.1 Å². The molecule has 21 heavy (non-hydrogen) atoms. The zero-order chi connectivity index (χ0) is 14.7. The van der Waals surface area contributed by atoms with E-state index in [1.54, 1.807) is 16.0 Å². The van der Waals surface area contributed by atoms with Crippen LogP contribution in [0.25, 0.3) is 11.4 Å². The van der Waals surface area contributed by atoms with E-state index < -0.39 is 0 Å². The number of nitrogens with zero attached hydrogens (tertiary/aromatic N) is 5. The molecule has 8 heteroatoms. The van der Waals surface area contributed by atoms with Gasteiger partial charge < -0.3 is 9.84 Å². The van der Waals surface area contributed by atoms with E-state index in [0.29, 0.717) is 30.8 Å². The highest BCUT2D eigenvalue weighted by molar-refractivity contribution is 7.08. The topological polar surface area (TPSA) is 81.7 Å². The van der Waals surface area contributed by atoms with Gasteiger partial charge in [-0.3, -0.25) is 0 Å². The van der Waals surface area contributed by atoms with Crippen LogP contribution in [0.4, 0.5) is 0 Å². The second-order valence-electron chi connectivity index (χ2n) is 4.97. The molecule has 0 aliphatic heterocycles. The van der Waals surface area contributed by atoms with E-state index >= 15 is 0 Å². The fraction of sp³-hybridized carbons (Fsp3) is 0.385. The van der Waals surface area contributed by atoms with Crippen LogP contribution in [0, 0.1) is 0 Å². The van der Waals surface area contributed by atoms with Crippen molar-refractivity contribution in [1.29, 1.82) is 0 Å². The van der Waals surface area contributed by atoms with Crippen LogP contribution >= 0.6 is 11.3 Å².